The fourth-order valence-electron chi connectivity index (χ4n) is 0. The number of rotatable bonds is 0. The fraction of sp³-hybridized carbons (Fsp3) is 0. The van der Waals surface area contributed by atoms with Crippen molar-refractivity contribution >= 4 is 17.6 Å². The average molecular weight is 176 g/mol. The van der Waals surface area contributed by atoms with Gasteiger partial charge in [0.1, 0.15) is 0 Å². The van der Waals surface area contributed by atoms with Crippen LogP contribution in [0.5, 0.6) is 0 Å². The molecular weight excluding hydrogens is 176 g/mol. The molecule has 0 aliphatic heterocycles. The summed E-state index contributed by atoms with van der Waals surface area (Å²) in [5.74, 6) is 0. The molecule has 0 spiro atoms. The van der Waals surface area contributed by atoms with E-state index < -0.39 is 14.5 Å². The predicted molar refractivity (Wildman–Crippen MR) is 6.44 cm³/mol. The van der Waals surface area contributed by atoms with Crippen LogP contribution in [0.2, 0.25) is 0 Å². The van der Waals surface area contributed by atoms with E-state index in [0.717, 1.165) is 0 Å². The molecule has 0 saturated heterocycles. The molecule has 0 unspecified atom stereocenters. The molecule has 0 N–H and O–H groups in total. The third kappa shape index (κ3) is 60.5. The second kappa shape index (κ2) is 4.78. The van der Waals surface area contributed by atoms with Gasteiger partial charge in [-0.25, -0.2) is 0 Å². The molecule has 0 aromatic rings. The third-order valence-corrected chi connectivity index (χ3v) is 0. The third-order valence-electron chi connectivity index (χ3n) is 0. The van der Waals surface area contributed by atoms with Crippen LogP contribution in [0.25, 0.3) is 0 Å². The van der Waals surface area contributed by atoms with Gasteiger partial charge in [0.25, 0.3) is 0 Å². The summed E-state index contributed by atoms with van der Waals surface area (Å²) in [7, 11) is 0. The van der Waals surface area contributed by atoms with E-state index in [1.165, 1.54) is 0 Å². The molecule has 3 nitrogen and oxygen atoms in total. The molecule has 5 heteroatoms. The molecule has 0 bridgehead atoms. The van der Waals surface area contributed by atoms with Gasteiger partial charge in [0.2, 0.25) is 0 Å². The molecule has 2 radical (unpaired) electrons. The molecule has 0 aromatic carbocycles. The first-order valence-corrected chi connectivity index (χ1v) is 1.91. The van der Waals surface area contributed by atoms with Crippen LogP contribution < -0.4 is 8.38 Å². The summed E-state index contributed by atoms with van der Waals surface area (Å²) in [5, 5.41) is 0. The first-order chi connectivity index (χ1) is 1.73. The van der Waals surface area contributed by atoms with Crippen molar-refractivity contribution in [2.75, 3.05) is 0 Å². The Bertz CT molecular complexity index is 29.9. The monoisotopic (exact) mass is 177 g/mol. The normalized spacial score (nSPS) is 7.00. The zero-order chi connectivity index (χ0) is 3.58. The Hall–Kier alpha value is 0.782. The van der Waals surface area contributed by atoms with E-state index in [1.807, 2.05) is 0 Å². The molecule has 0 saturated carbocycles. The van der Waals surface area contributed by atoms with E-state index in [-0.39, 0.29) is 17.6 Å². The van der Waals surface area contributed by atoms with E-state index >= 15 is 0 Å². The maximum atomic E-state index is 8.52. The Morgan fingerprint density at radius 3 is 1.40 bits per heavy atom. The molecule has 29 valence electrons. The van der Waals surface area contributed by atoms with Crippen molar-refractivity contribution in [1.29, 1.82) is 0 Å². The van der Waals surface area contributed by atoms with Gasteiger partial charge in [-0.3, -0.25) is 0 Å². The number of hydrogen-bond acceptors (Lipinski definition) is 3. The maximum absolute atomic E-state index is 8.52. The van der Waals surface area contributed by atoms with E-state index in [9.17, 15) is 0 Å². The van der Waals surface area contributed by atoms with E-state index in [4.69, 9.17) is 12.2 Å². The summed E-state index contributed by atoms with van der Waals surface area (Å²) in [6, 6.07) is 0. The minimum atomic E-state index is -3.65. The summed E-state index contributed by atoms with van der Waals surface area (Å²) in [6.07, 6.45) is 0. The second-order valence-corrected chi connectivity index (χ2v) is 0.779. The molecule has 0 rings (SSSR count). The average Bonchev–Trinajstić information content (AvgIpc) is 0.811. The summed E-state index contributed by atoms with van der Waals surface area (Å²) in [5.41, 5.74) is 0. The molecule has 0 atom stereocenters. The molecule has 0 aliphatic carbocycles. The molecule has 5 heavy (non-hydrogen) atoms. The minimum absolute atomic E-state index is 0. The van der Waals surface area contributed by atoms with Crippen LogP contribution in [0.15, 0.2) is 0 Å². The molecule has 0 amide bonds. The molecule has 0 heterocycles. The zero-order valence-electron chi connectivity index (χ0n) is 2.10. The van der Waals surface area contributed by atoms with Gasteiger partial charge in [0.15, 0.2) is 0 Å². The fourth-order valence-corrected chi connectivity index (χ4v) is 0. The molecule has 0 aliphatic rings. The first kappa shape index (κ1) is 9.24. The molecule has 0 fully saturated rings. The Morgan fingerprint density at radius 2 is 1.40 bits per heavy atom. The number of hydrogen-bond donors (Lipinski definition) is 0. The first-order valence-electron chi connectivity index (χ1n) is 0.463. The van der Waals surface area contributed by atoms with Gasteiger partial charge in [-0.2, -0.15) is 0 Å². The van der Waals surface area contributed by atoms with Gasteiger partial charge < -0.3 is 0 Å². The van der Waals surface area contributed by atoms with Gasteiger partial charge in [-0.15, -0.1) is 0 Å². The summed E-state index contributed by atoms with van der Waals surface area (Å²) in [4.78, 5) is 0. The summed E-state index contributed by atoms with van der Waals surface area (Å²) >= 11 is -3.65. The van der Waals surface area contributed by atoms with Crippen molar-refractivity contribution in [3.8, 4) is 0 Å². The van der Waals surface area contributed by atoms with Gasteiger partial charge in [-0.1, -0.05) is 0 Å². The van der Waals surface area contributed by atoms with Crippen LogP contribution in [0.1, 0.15) is 0 Å². The summed E-state index contributed by atoms with van der Waals surface area (Å²) < 4.78 is 25.6. The van der Waals surface area contributed by atoms with Crippen molar-refractivity contribution in [2.45, 2.75) is 0 Å². The van der Waals surface area contributed by atoms with Crippen molar-refractivity contribution in [3.05, 3.63) is 0 Å². The van der Waals surface area contributed by atoms with Gasteiger partial charge in [0.05, 0.1) is 0 Å². The Morgan fingerprint density at radius 1 is 1.40 bits per heavy atom. The van der Waals surface area contributed by atoms with Gasteiger partial charge >= 0.3 is 44.3 Å². The Labute approximate surface area is 44.7 Å². The van der Waals surface area contributed by atoms with Crippen LogP contribution in [0.3, 0.4) is 0 Å². The van der Waals surface area contributed by atoms with E-state index in [2.05, 4.69) is 0 Å². The van der Waals surface area contributed by atoms with E-state index in [1.54, 1.807) is 0 Å². The van der Waals surface area contributed by atoms with Crippen molar-refractivity contribution in [2.24, 2.45) is 0 Å². The van der Waals surface area contributed by atoms with Gasteiger partial charge in [-0.05, 0) is 0 Å². The quantitative estimate of drug-likeness (QED) is 0.372. The van der Waals surface area contributed by atoms with Crippen LogP contribution >= 0.6 is 0 Å². The van der Waals surface area contributed by atoms with Crippen LogP contribution in [0.4, 0.5) is 0 Å². The predicted octanol–water partition coefficient (Wildman–Crippen LogP) is -2.88. The molecule has 0 aromatic heterocycles. The van der Waals surface area contributed by atoms with Gasteiger partial charge in [0, 0.05) is 0 Å². The Kier molecular flexibility index (Phi) is 8.84. The zero-order valence-corrected chi connectivity index (χ0v) is 5.38. The van der Waals surface area contributed by atoms with Crippen LogP contribution in [0, 0.1) is 0 Å². The van der Waals surface area contributed by atoms with Crippen molar-refractivity contribution < 1.29 is 26.7 Å². The molecular formula is GeMnO3. The van der Waals surface area contributed by atoms with Crippen molar-refractivity contribution in [1.82, 2.24) is 0 Å². The van der Waals surface area contributed by atoms with E-state index in [0.29, 0.717) is 0 Å². The summed E-state index contributed by atoms with van der Waals surface area (Å²) in [6.45, 7) is 0. The standard InChI is InChI=1S/Ge.Mn.3O/q+2;;;2*-1. The second-order valence-electron chi connectivity index (χ2n) is 0.189. The van der Waals surface area contributed by atoms with Crippen LogP contribution in [-0.2, 0) is 18.3 Å². The topological polar surface area (TPSA) is 63.2 Å². The van der Waals surface area contributed by atoms with Crippen LogP contribution in [-0.4, -0.2) is 17.6 Å². The van der Waals surface area contributed by atoms with Crippen molar-refractivity contribution in [3.63, 3.8) is 0 Å². The SMILES string of the molecule is [Ge+2].[O]=[Mn]([O-])[O-]. The Balaban J connectivity index is 0.